The topological polar surface area (TPSA) is 105 Å². The Morgan fingerprint density at radius 1 is 0.886 bits per heavy atom. The smallest absolute Gasteiger partial charge is 0.407 e. The van der Waals surface area contributed by atoms with E-state index in [1.165, 1.54) is 22.3 Å². The molecule has 0 aliphatic heterocycles. The molecular weight excluding hydrogens is 444 g/mol. The highest BCUT2D eigenvalue weighted by Crippen LogP contribution is 2.44. The molecule has 0 saturated heterocycles. The zero-order valence-corrected chi connectivity index (χ0v) is 20.4. The number of carboxylic acid groups (broad SMARTS) is 1. The number of fused-ring (bicyclic) bond motifs is 3. The first-order valence-corrected chi connectivity index (χ1v) is 12.6. The van der Waals surface area contributed by atoms with Gasteiger partial charge in [-0.2, -0.15) is 0 Å². The predicted octanol–water partition coefficient (Wildman–Crippen LogP) is 5.24. The van der Waals surface area contributed by atoms with Crippen LogP contribution in [0.15, 0.2) is 48.5 Å². The van der Waals surface area contributed by atoms with Crippen LogP contribution in [0, 0.1) is 0 Å². The van der Waals surface area contributed by atoms with E-state index >= 15 is 0 Å². The van der Waals surface area contributed by atoms with Gasteiger partial charge in [-0.15, -0.1) is 0 Å². The molecule has 3 rings (SSSR count). The number of carboxylic acids is 1. The van der Waals surface area contributed by atoms with Gasteiger partial charge in [0, 0.05) is 31.3 Å². The van der Waals surface area contributed by atoms with Crippen LogP contribution in [0.25, 0.3) is 11.1 Å². The van der Waals surface area contributed by atoms with Gasteiger partial charge in [0.25, 0.3) is 0 Å². The maximum absolute atomic E-state index is 12.4. The van der Waals surface area contributed by atoms with Crippen molar-refractivity contribution in [2.75, 3.05) is 13.2 Å². The molecule has 1 aliphatic carbocycles. The number of hydrogen-bond donors (Lipinski definition) is 3. The summed E-state index contributed by atoms with van der Waals surface area (Å²) >= 11 is 0. The van der Waals surface area contributed by atoms with Gasteiger partial charge in [0.1, 0.15) is 6.61 Å². The second kappa shape index (κ2) is 13.5. The number of carbonyl (C=O) groups is 3. The lowest BCUT2D eigenvalue weighted by Crippen LogP contribution is -2.34. The largest absolute Gasteiger partial charge is 0.481 e. The van der Waals surface area contributed by atoms with E-state index in [-0.39, 0.29) is 30.9 Å². The van der Waals surface area contributed by atoms with Crippen molar-refractivity contribution in [1.29, 1.82) is 0 Å². The minimum Gasteiger partial charge on any atom is -0.481 e. The molecule has 2 aromatic rings. The lowest BCUT2D eigenvalue weighted by atomic mass is 9.98. The molecule has 2 aromatic carbocycles. The fourth-order valence-corrected chi connectivity index (χ4v) is 4.55. The van der Waals surface area contributed by atoms with E-state index in [2.05, 4.69) is 34.9 Å². The van der Waals surface area contributed by atoms with Crippen molar-refractivity contribution in [2.24, 2.45) is 0 Å². The molecule has 1 atom stereocenters. The molecule has 0 bridgehead atoms. The Morgan fingerprint density at radius 3 is 2.17 bits per heavy atom. The van der Waals surface area contributed by atoms with Gasteiger partial charge in [-0.05, 0) is 54.9 Å². The molecule has 7 heteroatoms. The molecule has 3 N–H and O–H groups in total. The lowest BCUT2D eigenvalue weighted by Gasteiger charge is -2.17. The second-order valence-electron chi connectivity index (χ2n) is 9.17. The highest BCUT2D eigenvalue weighted by molar-refractivity contribution is 5.79. The average Bonchev–Trinajstić information content (AvgIpc) is 3.15. The van der Waals surface area contributed by atoms with Gasteiger partial charge in [-0.25, -0.2) is 4.79 Å². The zero-order chi connectivity index (χ0) is 25.0. The minimum absolute atomic E-state index is 0.00359. The second-order valence-corrected chi connectivity index (χ2v) is 9.17. The summed E-state index contributed by atoms with van der Waals surface area (Å²) in [4.78, 5) is 34.8. The number of aliphatic carboxylic acids is 1. The maximum atomic E-state index is 12.4. The molecule has 188 valence electrons. The van der Waals surface area contributed by atoms with E-state index in [0.29, 0.717) is 32.2 Å². The molecule has 1 aliphatic rings. The van der Waals surface area contributed by atoms with E-state index in [9.17, 15) is 14.4 Å². The Labute approximate surface area is 207 Å². The Kier molecular flexibility index (Phi) is 10.1. The first-order valence-electron chi connectivity index (χ1n) is 12.6. The number of carbonyl (C=O) groups excluding carboxylic acids is 2. The van der Waals surface area contributed by atoms with E-state index < -0.39 is 12.1 Å². The van der Waals surface area contributed by atoms with E-state index in [0.717, 1.165) is 19.3 Å². The Bertz CT molecular complexity index is 961. The van der Waals surface area contributed by atoms with Crippen molar-refractivity contribution < 1.29 is 24.2 Å². The summed E-state index contributed by atoms with van der Waals surface area (Å²) in [6.07, 6.45) is 4.84. The molecule has 0 saturated carbocycles. The maximum Gasteiger partial charge on any atom is 0.407 e. The van der Waals surface area contributed by atoms with Crippen LogP contribution in [0.4, 0.5) is 4.79 Å². The number of ether oxygens (including phenoxy) is 1. The van der Waals surface area contributed by atoms with Gasteiger partial charge in [-0.3, -0.25) is 9.59 Å². The third kappa shape index (κ3) is 8.12. The lowest BCUT2D eigenvalue weighted by molar-refractivity contribution is -0.137. The molecule has 2 amide bonds. The van der Waals surface area contributed by atoms with Gasteiger partial charge in [0.15, 0.2) is 0 Å². The van der Waals surface area contributed by atoms with Crippen molar-refractivity contribution in [1.82, 2.24) is 10.6 Å². The molecule has 7 nitrogen and oxygen atoms in total. The van der Waals surface area contributed by atoms with E-state index in [4.69, 9.17) is 9.84 Å². The van der Waals surface area contributed by atoms with Crippen LogP contribution in [0.3, 0.4) is 0 Å². The van der Waals surface area contributed by atoms with Crippen molar-refractivity contribution in [3.63, 3.8) is 0 Å². The Morgan fingerprint density at radius 2 is 1.51 bits per heavy atom. The van der Waals surface area contributed by atoms with Crippen LogP contribution >= 0.6 is 0 Å². The van der Waals surface area contributed by atoms with Crippen LogP contribution in [0.2, 0.25) is 0 Å². The Balaban J connectivity index is 1.29. The fraction of sp³-hybridized carbons (Fsp3) is 0.464. The van der Waals surface area contributed by atoms with Gasteiger partial charge < -0.3 is 20.5 Å². The van der Waals surface area contributed by atoms with Crippen LogP contribution < -0.4 is 10.6 Å². The summed E-state index contributed by atoms with van der Waals surface area (Å²) < 4.78 is 5.58. The summed E-state index contributed by atoms with van der Waals surface area (Å²) in [7, 11) is 0. The quantitative estimate of drug-likeness (QED) is 0.321. The molecule has 35 heavy (non-hydrogen) atoms. The number of alkyl carbamates (subject to hydrolysis) is 1. The highest BCUT2D eigenvalue weighted by Gasteiger charge is 2.29. The highest BCUT2D eigenvalue weighted by atomic mass is 16.5. The number of benzene rings is 2. The number of rotatable bonds is 14. The summed E-state index contributed by atoms with van der Waals surface area (Å²) in [6.45, 7) is 2.81. The molecule has 0 heterocycles. The summed E-state index contributed by atoms with van der Waals surface area (Å²) in [5.41, 5.74) is 4.76. The predicted molar refractivity (Wildman–Crippen MR) is 135 cm³/mol. The van der Waals surface area contributed by atoms with Gasteiger partial charge >= 0.3 is 12.1 Å². The van der Waals surface area contributed by atoms with Crippen LogP contribution in [0.5, 0.6) is 0 Å². The number of hydrogen-bond acceptors (Lipinski definition) is 4. The third-order valence-corrected chi connectivity index (χ3v) is 6.39. The summed E-state index contributed by atoms with van der Waals surface area (Å²) in [5, 5.41) is 14.4. The number of amides is 2. The average molecular weight is 481 g/mol. The summed E-state index contributed by atoms with van der Waals surface area (Å²) in [6, 6.07) is 16.4. The normalized spacial score (nSPS) is 12.9. The van der Waals surface area contributed by atoms with Gasteiger partial charge in [0.05, 0.1) is 0 Å². The SMILES string of the molecule is CC(CCCC(=O)NCCCCCCC(=O)O)NC(=O)OCC1c2ccccc2-c2ccccc21. The standard InChI is InChI=1S/C28H36N2O5/c1-20(11-10-16-26(31)29-18-9-3-2-4-17-27(32)33)30-28(34)35-19-25-23-14-7-5-12-21(23)22-13-6-8-15-24(22)25/h5-8,12-15,20,25H,2-4,9-11,16-19H2,1H3,(H,29,31)(H,30,34)(H,32,33). The molecule has 0 fully saturated rings. The van der Waals surface area contributed by atoms with Crippen molar-refractivity contribution in [3.8, 4) is 11.1 Å². The first kappa shape index (κ1) is 26.3. The van der Waals surface area contributed by atoms with Crippen molar-refractivity contribution >= 4 is 18.0 Å². The van der Waals surface area contributed by atoms with Crippen molar-refractivity contribution in [2.45, 2.75) is 70.3 Å². The molecule has 0 radical (unpaired) electrons. The molecular formula is C28H36N2O5. The minimum atomic E-state index is -0.763. The van der Waals surface area contributed by atoms with Crippen LogP contribution in [-0.4, -0.2) is 42.3 Å². The van der Waals surface area contributed by atoms with Crippen LogP contribution in [-0.2, 0) is 14.3 Å². The zero-order valence-electron chi connectivity index (χ0n) is 20.4. The summed E-state index contributed by atoms with van der Waals surface area (Å²) in [5.74, 6) is -0.728. The third-order valence-electron chi connectivity index (χ3n) is 6.39. The van der Waals surface area contributed by atoms with Crippen molar-refractivity contribution in [3.05, 3.63) is 59.7 Å². The number of nitrogens with one attached hydrogen (secondary N) is 2. The monoisotopic (exact) mass is 480 g/mol. The van der Waals surface area contributed by atoms with Gasteiger partial charge in [0.2, 0.25) is 5.91 Å². The van der Waals surface area contributed by atoms with E-state index in [1.807, 2.05) is 31.2 Å². The molecule has 1 unspecified atom stereocenters. The van der Waals surface area contributed by atoms with Gasteiger partial charge in [-0.1, -0.05) is 61.4 Å². The van der Waals surface area contributed by atoms with Crippen LogP contribution in [0.1, 0.15) is 75.3 Å². The Hall–Kier alpha value is -3.35. The first-order chi connectivity index (χ1) is 17.0. The van der Waals surface area contributed by atoms with E-state index in [1.54, 1.807) is 0 Å². The molecule has 0 spiro atoms. The molecule has 0 aromatic heterocycles. The fourth-order valence-electron chi connectivity index (χ4n) is 4.55. The number of unbranched alkanes of at least 4 members (excludes halogenated alkanes) is 3.